The third-order valence-corrected chi connectivity index (χ3v) is 4.09. The highest BCUT2D eigenvalue weighted by Crippen LogP contribution is 2.39. The second-order valence-electron chi connectivity index (χ2n) is 3.45. The van der Waals surface area contributed by atoms with Crippen LogP contribution in [0.5, 0.6) is 0 Å². The van der Waals surface area contributed by atoms with Gasteiger partial charge in [0.15, 0.2) is 0 Å². The summed E-state index contributed by atoms with van der Waals surface area (Å²) in [5.74, 6) is 2.57. The number of allylic oxidation sites excluding steroid dienone is 1. The van der Waals surface area contributed by atoms with Crippen LogP contribution in [0, 0.1) is 5.41 Å². The smallest absolute Gasteiger partial charge is 0.00715 e. The quantitative estimate of drug-likeness (QED) is 0.552. The van der Waals surface area contributed by atoms with Crippen molar-refractivity contribution in [2.75, 3.05) is 11.5 Å². The minimum absolute atomic E-state index is 0.373. The highest BCUT2D eigenvalue weighted by molar-refractivity contribution is 8.09. The van der Waals surface area contributed by atoms with Crippen LogP contribution in [-0.4, -0.2) is 11.5 Å². The fourth-order valence-corrected chi connectivity index (χ4v) is 3.23. The SMILES string of the molecule is CC(C)(C)C1=CSCCS1. The normalized spacial score (nSPS) is 20.5. The van der Waals surface area contributed by atoms with E-state index in [-0.39, 0.29) is 0 Å². The Labute approximate surface area is 71.8 Å². The first-order chi connectivity index (χ1) is 4.61. The van der Waals surface area contributed by atoms with Crippen molar-refractivity contribution in [1.82, 2.24) is 0 Å². The summed E-state index contributed by atoms with van der Waals surface area (Å²) in [5.41, 5.74) is 0.373. The summed E-state index contributed by atoms with van der Waals surface area (Å²) in [6.45, 7) is 6.83. The van der Waals surface area contributed by atoms with Crippen molar-refractivity contribution in [3.05, 3.63) is 10.3 Å². The molecule has 0 saturated heterocycles. The number of thioether (sulfide) groups is 2. The first-order valence-electron chi connectivity index (χ1n) is 3.56. The van der Waals surface area contributed by atoms with Crippen molar-refractivity contribution in [1.29, 1.82) is 0 Å². The van der Waals surface area contributed by atoms with Crippen molar-refractivity contribution < 1.29 is 0 Å². The molecule has 0 aromatic carbocycles. The molecule has 1 heterocycles. The molecule has 0 nitrogen and oxygen atoms in total. The second kappa shape index (κ2) is 3.22. The Balaban J connectivity index is 2.62. The monoisotopic (exact) mass is 174 g/mol. The van der Waals surface area contributed by atoms with Crippen LogP contribution in [0.1, 0.15) is 20.8 Å². The van der Waals surface area contributed by atoms with Gasteiger partial charge in [-0.2, -0.15) is 0 Å². The topological polar surface area (TPSA) is 0 Å². The van der Waals surface area contributed by atoms with Crippen molar-refractivity contribution in [2.24, 2.45) is 5.41 Å². The van der Waals surface area contributed by atoms with Gasteiger partial charge in [0.25, 0.3) is 0 Å². The van der Waals surface area contributed by atoms with Crippen molar-refractivity contribution in [3.8, 4) is 0 Å². The third kappa shape index (κ3) is 2.24. The Morgan fingerprint density at radius 1 is 1.30 bits per heavy atom. The summed E-state index contributed by atoms with van der Waals surface area (Å²) in [5, 5.41) is 2.31. The summed E-state index contributed by atoms with van der Waals surface area (Å²) in [4.78, 5) is 1.55. The molecule has 0 amide bonds. The number of hydrogen-bond donors (Lipinski definition) is 0. The zero-order valence-corrected chi connectivity index (χ0v) is 8.44. The molecular weight excluding hydrogens is 160 g/mol. The van der Waals surface area contributed by atoms with Crippen LogP contribution < -0.4 is 0 Å². The van der Waals surface area contributed by atoms with E-state index in [1.807, 2.05) is 23.5 Å². The lowest BCUT2D eigenvalue weighted by molar-refractivity contribution is 0.534. The molecule has 2 heteroatoms. The van der Waals surface area contributed by atoms with E-state index in [0.29, 0.717) is 5.41 Å². The van der Waals surface area contributed by atoms with E-state index in [1.54, 1.807) is 4.91 Å². The van der Waals surface area contributed by atoms with Crippen LogP contribution >= 0.6 is 23.5 Å². The summed E-state index contributed by atoms with van der Waals surface area (Å²) in [6, 6.07) is 0. The van der Waals surface area contributed by atoms with Crippen molar-refractivity contribution >= 4 is 23.5 Å². The average molecular weight is 174 g/mol. The fraction of sp³-hybridized carbons (Fsp3) is 0.750. The van der Waals surface area contributed by atoms with Gasteiger partial charge in [-0.05, 0) is 15.7 Å². The molecule has 0 aliphatic carbocycles. The van der Waals surface area contributed by atoms with E-state index < -0.39 is 0 Å². The summed E-state index contributed by atoms with van der Waals surface area (Å²) >= 11 is 3.96. The van der Waals surface area contributed by atoms with Gasteiger partial charge in [0.1, 0.15) is 0 Å². The van der Waals surface area contributed by atoms with Crippen molar-refractivity contribution in [3.63, 3.8) is 0 Å². The highest BCUT2D eigenvalue weighted by atomic mass is 32.2. The van der Waals surface area contributed by atoms with Crippen LogP contribution in [0.4, 0.5) is 0 Å². The molecule has 0 unspecified atom stereocenters. The first-order valence-corrected chi connectivity index (χ1v) is 5.59. The van der Waals surface area contributed by atoms with E-state index in [2.05, 4.69) is 26.2 Å². The van der Waals surface area contributed by atoms with E-state index in [1.165, 1.54) is 11.5 Å². The number of rotatable bonds is 0. The van der Waals surface area contributed by atoms with E-state index in [0.717, 1.165) is 0 Å². The molecule has 10 heavy (non-hydrogen) atoms. The molecule has 0 radical (unpaired) electrons. The van der Waals surface area contributed by atoms with Gasteiger partial charge in [0.2, 0.25) is 0 Å². The van der Waals surface area contributed by atoms with Gasteiger partial charge < -0.3 is 0 Å². The average Bonchev–Trinajstić information content (AvgIpc) is 1.88. The van der Waals surface area contributed by atoms with Gasteiger partial charge in [-0.15, -0.1) is 23.5 Å². The Bertz CT molecular complexity index is 142. The van der Waals surface area contributed by atoms with Crippen LogP contribution in [0.25, 0.3) is 0 Å². The van der Waals surface area contributed by atoms with Gasteiger partial charge in [0.05, 0.1) is 0 Å². The van der Waals surface area contributed by atoms with E-state index in [9.17, 15) is 0 Å². The molecule has 0 N–H and O–H groups in total. The van der Waals surface area contributed by atoms with Gasteiger partial charge in [-0.25, -0.2) is 0 Å². The van der Waals surface area contributed by atoms with Crippen LogP contribution in [0.3, 0.4) is 0 Å². The molecule has 0 saturated carbocycles. The Hall–Kier alpha value is 0.440. The molecule has 0 aromatic heterocycles. The molecule has 0 fully saturated rings. The Kier molecular flexibility index (Phi) is 2.75. The molecule has 1 rings (SSSR count). The molecule has 1 aliphatic rings. The van der Waals surface area contributed by atoms with Gasteiger partial charge in [0, 0.05) is 11.5 Å². The van der Waals surface area contributed by atoms with E-state index in [4.69, 9.17) is 0 Å². The molecular formula is C8H14S2. The predicted molar refractivity (Wildman–Crippen MR) is 52.5 cm³/mol. The molecule has 1 aliphatic heterocycles. The van der Waals surface area contributed by atoms with Crippen LogP contribution in [-0.2, 0) is 0 Å². The molecule has 0 aromatic rings. The first kappa shape index (κ1) is 8.54. The van der Waals surface area contributed by atoms with Gasteiger partial charge in [-0.3, -0.25) is 0 Å². The fourth-order valence-electron chi connectivity index (χ4n) is 0.762. The largest absolute Gasteiger partial charge is 0.132 e. The summed E-state index contributed by atoms with van der Waals surface area (Å²) < 4.78 is 0. The highest BCUT2D eigenvalue weighted by Gasteiger charge is 2.18. The third-order valence-electron chi connectivity index (χ3n) is 1.39. The minimum Gasteiger partial charge on any atom is -0.132 e. The van der Waals surface area contributed by atoms with Gasteiger partial charge in [-0.1, -0.05) is 20.8 Å². The summed E-state index contributed by atoms with van der Waals surface area (Å²) in [6.07, 6.45) is 0. The maximum absolute atomic E-state index is 2.31. The molecule has 0 atom stereocenters. The molecule has 0 bridgehead atoms. The number of hydrogen-bond acceptors (Lipinski definition) is 2. The minimum atomic E-state index is 0.373. The van der Waals surface area contributed by atoms with Crippen molar-refractivity contribution in [2.45, 2.75) is 20.8 Å². The predicted octanol–water partition coefficient (Wildman–Crippen LogP) is 3.35. The zero-order valence-electron chi connectivity index (χ0n) is 6.81. The maximum Gasteiger partial charge on any atom is 0.00715 e. The van der Waals surface area contributed by atoms with Crippen LogP contribution in [0.15, 0.2) is 10.3 Å². The van der Waals surface area contributed by atoms with E-state index >= 15 is 0 Å². The van der Waals surface area contributed by atoms with Crippen LogP contribution in [0.2, 0.25) is 0 Å². The zero-order chi connectivity index (χ0) is 7.61. The lowest BCUT2D eigenvalue weighted by Gasteiger charge is -2.24. The maximum atomic E-state index is 2.31. The summed E-state index contributed by atoms with van der Waals surface area (Å²) in [7, 11) is 0. The molecule has 58 valence electrons. The molecule has 0 spiro atoms. The lowest BCUT2D eigenvalue weighted by atomic mass is 9.97. The lowest BCUT2D eigenvalue weighted by Crippen LogP contribution is -2.09. The van der Waals surface area contributed by atoms with Gasteiger partial charge >= 0.3 is 0 Å². The standard InChI is InChI=1S/C8H14S2/c1-8(2,3)7-6-9-4-5-10-7/h6H,4-5H2,1-3H3. The Morgan fingerprint density at radius 2 is 2.00 bits per heavy atom. The Morgan fingerprint density at radius 3 is 2.30 bits per heavy atom. The second-order valence-corrected chi connectivity index (χ2v) is 5.57.